The highest BCUT2D eigenvalue weighted by Crippen LogP contribution is 2.21. The number of benzene rings is 2. The van der Waals surface area contributed by atoms with Gasteiger partial charge in [0, 0.05) is 17.2 Å². The van der Waals surface area contributed by atoms with Crippen LogP contribution < -0.4 is 16.0 Å². The minimum Gasteiger partial charge on any atom is -0.267 e. The van der Waals surface area contributed by atoms with Gasteiger partial charge in [0.15, 0.2) is 0 Å². The monoisotopic (exact) mass is 389 g/mol. The third-order valence-electron chi connectivity index (χ3n) is 2.91. The molecule has 132 valence electrons. The first-order valence-corrected chi connectivity index (χ1v) is 8.39. The Morgan fingerprint density at radius 1 is 0.920 bits per heavy atom. The molecule has 2 aromatic carbocycles. The lowest BCUT2D eigenvalue weighted by Gasteiger charge is -2.09. The topological polar surface area (TPSA) is 118 Å². The van der Waals surface area contributed by atoms with E-state index in [4.69, 9.17) is 16.7 Å². The maximum absolute atomic E-state index is 13.1. The van der Waals surface area contributed by atoms with Gasteiger partial charge in [-0.1, -0.05) is 11.6 Å². The van der Waals surface area contributed by atoms with Crippen molar-refractivity contribution in [1.82, 2.24) is 10.9 Å². The van der Waals surface area contributed by atoms with Crippen molar-refractivity contribution in [3.8, 4) is 0 Å². The fraction of sp³-hybridized carbons (Fsp3) is 0. The van der Waals surface area contributed by atoms with Gasteiger partial charge < -0.3 is 0 Å². The predicted molar refractivity (Wildman–Crippen MR) is 84.1 cm³/mol. The first-order valence-electron chi connectivity index (χ1n) is 6.47. The van der Waals surface area contributed by atoms with Crippen LogP contribution in [0.1, 0.15) is 20.7 Å². The summed E-state index contributed by atoms with van der Waals surface area (Å²) in [5.41, 5.74) is 3.38. The summed E-state index contributed by atoms with van der Waals surface area (Å²) in [7, 11) is -4.16. The number of carbonyl (C=O) groups is 2. The van der Waals surface area contributed by atoms with Gasteiger partial charge in [-0.15, -0.1) is 0 Å². The first-order chi connectivity index (χ1) is 11.6. The lowest BCUT2D eigenvalue weighted by Crippen LogP contribution is -2.41. The molecule has 0 aliphatic carbocycles. The molecule has 11 heteroatoms. The highest BCUT2D eigenvalue weighted by Gasteiger charge is 2.17. The molecule has 0 bridgehead atoms. The SMILES string of the molecule is NS(=O)(=O)c1cc(C(=O)NNC(=O)c2cc(F)cc(F)c2)ccc1Cl. The molecule has 2 amide bonds. The highest BCUT2D eigenvalue weighted by molar-refractivity contribution is 7.89. The lowest BCUT2D eigenvalue weighted by molar-refractivity contribution is 0.0846. The second kappa shape index (κ2) is 7.13. The van der Waals surface area contributed by atoms with Gasteiger partial charge in [0.2, 0.25) is 10.0 Å². The smallest absolute Gasteiger partial charge is 0.267 e. The van der Waals surface area contributed by atoms with E-state index in [2.05, 4.69) is 0 Å². The normalized spacial score (nSPS) is 11.0. The second-order valence-electron chi connectivity index (χ2n) is 4.76. The van der Waals surface area contributed by atoms with E-state index < -0.39 is 38.4 Å². The lowest BCUT2D eigenvalue weighted by atomic mass is 10.2. The molecule has 0 saturated heterocycles. The maximum Gasteiger partial charge on any atom is 0.269 e. The minimum absolute atomic E-state index is 0.167. The average Bonchev–Trinajstić information content (AvgIpc) is 2.50. The molecule has 2 aromatic rings. The van der Waals surface area contributed by atoms with Crippen molar-refractivity contribution in [2.24, 2.45) is 5.14 Å². The molecule has 0 atom stereocenters. The number of carbonyl (C=O) groups excluding carboxylic acids is 2. The highest BCUT2D eigenvalue weighted by atomic mass is 35.5. The van der Waals surface area contributed by atoms with Crippen molar-refractivity contribution in [2.75, 3.05) is 0 Å². The number of amides is 2. The molecule has 0 aromatic heterocycles. The number of primary sulfonamides is 1. The Hall–Kier alpha value is -2.56. The van der Waals surface area contributed by atoms with Gasteiger partial charge in [-0.05, 0) is 30.3 Å². The molecule has 0 unspecified atom stereocenters. The minimum atomic E-state index is -4.16. The molecule has 4 N–H and O–H groups in total. The Morgan fingerprint density at radius 2 is 1.44 bits per heavy atom. The fourth-order valence-corrected chi connectivity index (χ4v) is 2.88. The molecule has 0 spiro atoms. The number of hydrazine groups is 1. The molecule has 0 radical (unpaired) electrons. The number of hydrogen-bond acceptors (Lipinski definition) is 4. The zero-order valence-electron chi connectivity index (χ0n) is 12.2. The summed E-state index contributed by atoms with van der Waals surface area (Å²) in [5.74, 6) is -3.81. The average molecular weight is 390 g/mol. The molecular weight excluding hydrogens is 380 g/mol. The third-order valence-corrected chi connectivity index (χ3v) is 4.31. The molecule has 2 rings (SSSR count). The summed E-state index contributed by atoms with van der Waals surface area (Å²) in [4.78, 5) is 23.2. The van der Waals surface area contributed by atoms with Gasteiger partial charge >= 0.3 is 0 Å². The molecule has 25 heavy (non-hydrogen) atoms. The van der Waals surface area contributed by atoms with E-state index in [9.17, 15) is 26.8 Å². The van der Waals surface area contributed by atoms with E-state index in [0.29, 0.717) is 6.07 Å². The van der Waals surface area contributed by atoms with Crippen LogP contribution in [0.15, 0.2) is 41.3 Å². The van der Waals surface area contributed by atoms with Gasteiger partial charge in [-0.3, -0.25) is 20.4 Å². The quantitative estimate of drug-likeness (QED) is 0.686. The molecule has 0 saturated carbocycles. The van der Waals surface area contributed by atoms with Crippen LogP contribution >= 0.6 is 11.6 Å². The summed E-state index contributed by atoms with van der Waals surface area (Å²) in [5, 5.41) is 4.79. The van der Waals surface area contributed by atoms with Gasteiger partial charge in [-0.2, -0.15) is 0 Å². The van der Waals surface area contributed by atoms with E-state index in [1.807, 2.05) is 10.9 Å². The largest absolute Gasteiger partial charge is 0.269 e. The van der Waals surface area contributed by atoms with Gasteiger partial charge in [0.1, 0.15) is 16.5 Å². The van der Waals surface area contributed by atoms with E-state index >= 15 is 0 Å². The van der Waals surface area contributed by atoms with Crippen LogP contribution in [-0.4, -0.2) is 20.2 Å². The fourth-order valence-electron chi connectivity index (χ4n) is 1.81. The van der Waals surface area contributed by atoms with Crippen LogP contribution in [0.3, 0.4) is 0 Å². The third kappa shape index (κ3) is 4.72. The molecule has 0 aliphatic rings. The van der Waals surface area contributed by atoms with Crippen LogP contribution in [0.4, 0.5) is 8.78 Å². The van der Waals surface area contributed by atoms with Crippen molar-refractivity contribution >= 4 is 33.4 Å². The van der Waals surface area contributed by atoms with Crippen molar-refractivity contribution < 1.29 is 26.8 Å². The predicted octanol–water partition coefficient (Wildman–Crippen LogP) is 1.34. The number of hydrogen-bond donors (Lipinski definition) is 3. The Morgan fingerprint density at radius 3 is 1.96 bits per heavy atom. The van der Waals surface area contributed by atoms with Crippen molar-refractivity contribution in [2.45, 2.75) is 4.90 Å². The van der Waals surface area contributed by atoms with Gasteiger partial charge in [0.05, 0.1) is 5.02 Å². The van der Waals surface area contributed by atoms with Crippen LogP contribution in [0.5, 0.6) is 0 Å². The first kappa shape index (κ1) is 18.8. The summed E-state index contributed by atoms with van der Waals surface area (Å²) in [6.45, 7) is 0. The van der Waals surface area contributed by atoms with Crippen LogP contribution in [0, 0.1) is 11.6 Å². The summed E-state index contributed by atoms with van der Waals surface area (Å²) < 4.78 is 48.8. The summed E-state index contributed by atoms with van der Waals surface area (Å²) in [6, 6.07) is 5.37. The summed E-state index contributed by atoms with van der Waals surface area (Å²) in [6.07, 6.45) is 0. The van der Waals surface area contributed by atoms with Crippen LogP contribution in [-0.2, 0) is 10.0 Å². The number of nitrogens with one attached hydrogen (secondary N) is 2. The Bertz CT molecular complexity index is 946. The second-order valence-corrected chi connectivity index (χ2v) is 6.69. The van der Waals surface area contributed by atoms with Gasteiger partial charge in [-0.25, -0.2) is 22.3 Å². The number of rotatable bonds is 3. The van der Waals surface area contributed by atoms with Crippen LogP contribution in [0.2, 0.25) is 5.02 Å². The number of nitrogens with two attached hydrogens (primary N) is 1. The molecule has 0 fully saturated rings. The Kier molecular flexibility index (Phi) is 5.36. The van der Waals surface area contributed by atoms with E-state index in [-0.39, 0.29) is 16.1 Å². The zero-order chi connectivity index (χ0) is 18.8. The van der Waals surface area contributed by atoms with E-state index in [1.54, 1.807) is 0 Å². The van der Waals surface area contributed by atoms with Crippen molar-refractivity contribution in [3.63, 3.8) is 0 Å². The standard InChI is InChI=1S/C14H10ClF2N3O4S/c15-11-2-1-7(5-12(11)25(18,23)24)13(21)19-20-14(22)8-3-9(16)6-10(17)4-8/h1-6H,(H,19,21)(H,20,22)(H2,18,23,24). The summed E-state index contributed by atoms with van der Waals surface area (Å²) >= 11 is 5.69. The molecule has 0 aliphatic heterocycles. The Labute approximate surface area is 145 Å². The maximum atomic E-state index is 13.1. The Balaban J connectivity index is 2.14. The molecular formula is C14H10ClF2N3O4S. The van der Waals surface area contributed by atoms with E-state index in [1.165, 1.54) is 6.07 Å². The van der Waals surface area contributed by atoms with Gasteiger partial charge in [0.25, 0.3) is 11.8 Å². The van der Waals surface area contributed by atoms with E-state index in [0.717, 1.165) is 24.3 Å². The zero-order valence-corrected chi connectivity index (χ0v) is 13.8. The van der Waals surface area contributed by atoms with Crippen molar-refractivity contribution in [1.29, 1.82) is 0 Å². The molecule has 7 nitrogen and oxygen atoms in total. The molecule has 0 heterocycles. The van der Waals surface area contributed by atoms with Crippen LogP contribution in [0.25, 0.3) is 0 Å². The number of sulfonamides is 1. The van der Waals surface area contributed by atoms with Crippen molar-refractivity contribution in [3.05, 3.63) is 64.2 Å². The number of halogens is 3.